The molecule has 0 amide bonds. The van der Waals surface area contributed by atoms with Crippen LogP contribution in [0.1, 0.15) is 198 Å². The summed E-state index contributed by atoms with van der Waals surface area (Å²) in [6, 6.07) is 91.1. The maximum Gasteiger partial charge on any atom is 0.336 e. The van der Waals surface area contributed by atoms with E-state index in [-0.39, 0.29) is 57.5 Å². The van der Waals surface area contributed by atoms with Crippen molar-refractivity contribution in [2.75, 3.05) is 0 Å². The summed E-state index contributed by atoms with van der Waals surface area (Å²) in [7, 11) is 0. The Hall–Kier alpha value is -16.7. The standard InChI is InChI=1S/C17H16O3.C17H14O.C16H16O3.C16H14O3.C16H14O2.C15H12O3.C13H10O3/c1-11-8-15(19)6-7-16(11)17(20)10-13-4-3-5-14(9-13)12(2)18;1-3-14-5-4-6-15(12-14)7-8-16-9-10-17(18)11-13(16)2;1-11-6-7-15(8-12(11)2)19-10-13-4-3-5-14(9-13)16(17)18;1-11-10-14(17)9-8-12(11)6-7-13-4-2-3-5-15(13)16(18)19;17-16(18)13-8-4-7-12(9-13)15-10-14(15)11-5-2-1-3-6-11;16-14-8-6-11(7-9-14)4-5-12-2-1-3-13(10-12)15(17)18;14-13(15)11-4-1-3-10(9-11)6-7-12-5-2-8-16-12/h3-9,19H,10H2,1-2H3;1,4-12,18H,2H3;3-9H,10H2,1-2H3,(H,17,18);2-10,17H,1H3,(H,18,19);1-9,14-15H,10H2,(H,17,18);1-10,16H,(H,17,18);1-9H,(H,14,15)/b;8-7+;;7-6+;;5-4-;7-6+/t;;;;14-,15-;;/m....1../s1. The molecule has 128 heavy (non-hydrogen) atoms. The number of carboxylic acid groups (broad SMARTS) is 5. The molecule has 1 aliphatic rings. The SMILES string of the molecule is C#Cc1cccc(/C=C/c2ccc(O)cc2C)c1.CC(=O)c1cccc(CC(=O)c2ccc(O)cc2C)c1.Cc1cc(O)ccc1/C=C/c1ccccc1C(=O)O.Cc1ccc(OCc2cccc(C(=O)O)c2)cc1C.O=C(O)c1cccc(/C=C/c2ccco2)c1.O=C(O)c1cccc(/C=C\c2ccc(O)cc2)c1.O=C(O)c1cccc([C@H]2C[C@@H]2c2ccccc2)c1. The molecule has 18 nitrogen and oxygen atoms in total. The van der Waals surface area contributed by atoms with Gasteiger partial charge in [-0.15, -0.1) is 6.42 Å². The Balaban J connectivity index is 0.000000169. The van der Waals surface area contributed by atoms with Crippen LogP contribution in [-0.4, -0.2) is 87.4 Å². The lowest BCUT2D eigenvalue weighted by Gasteiger charge is -2.08. The smallest absolute Gasteiger partial charge is 0.336 e. The topological polar surface area (TPSA) is 324 Å². The summed E-state index contributed by atoms with van der Waals surface area (Å²) in [6.45, 7) is 11.6. The zero-order valence-electron chi connectivity index (χ0n) is 71.2. The van der Waals surface area contributed by atoms with E-state index in [4.69, 9.17) is 46.2 Å². The molecule has 0 spiro atoms. The van der Waals surface area contributed by atoms with Crippen LogP contribution in [0.25, 0.3) is 48.6 Å². The van der Waals surface area contributed by atoms with Crippen molar-refractivity contribution in [1.29, 1.82) is 0 Å². The van der Waals surface area contributed by atoms with E-state index in [1.165, 1.54) is 29.7 Å². The van der Waals surface area contributed by atoms with Crippen molar-refractivity contribution in [3.05, 3.63) is 455 Å². The molecular formula is C110H96O18. The highest BCUT2D eigenvalue weighted by Crippen LogP contribution is 2.54. The fourth-order valence-electron chi connectivity index (χ4n) is 13.0. The van der Waals surface area contributed by atoms with Crippen LogP contribution in [0.4, 0.5) is 0 Å². The van der Waals surface area contributed by atoms with E-state index < -0.39 is 29.8 Å². The third kappa shape index (κ3) is 30.7. The number of phenols is 4. The number of furan rings is 1. The number of ketones is 2. The molecule has 13 aromatic carbocycles. The lowest BCUT2D eigenvalue weighted by Crippen LogP contribution is -2.06. The fraction of sp³-hybridized carbons (Fsp3) is 0.100. The predicted molar refractivity (Wildman–Crippen MR) is 504 cm³/mol. The Labute approximate surface area is 743 Å². The van der Waals surface area contributed by atoms with E-state index in [2.05, 4.69) is 37.1 Å². The molecule has 644 valence electrons. The number of carbonyl (C=O) groups excluding carboxylic acids is 2. The van der Waals surface area contributed by atoms with Gasteiger partial charge in [0.05, 0.1) is 34.1 Å². The quantitative estimate of drug-likeness (QED) is 0.0173. The molecule has 0 saturated heterocycles. The second-order valence-electron chi connectivity index (χ2n) is 29.7. The number of aryl methyl sites for hydroxylation is 5. The normalized spacial score (nSPS) is 12.1. The molecule has 1 heterocycles. The maximum absolute atomic E-state index is 12.3. The first kappa shape index (κ1) is 95.2. The second-order valence-corrected chi connectivity index (χ2v) is 29.7. The van der Waals surface area contributed by atoms with E-state index in [9.17, 15) is 48.9 Å². The molecule has 2 atom stereocenters. The van der Waals surface area contributed by atoms with Gasteiger partial charge in [-0.2, -0.15) is 0 Å². The van der Waals surface area contributed by atoms with Gasteiger partial charge in [0.15, 0.2) is 11.6 Å². The summed E-state index contributed by atoms with van der Waals surface area (Å²) < 4.78 is 10.8. The predicted octanol–water partition coefficient (Wildman–Crippen LogP) is 24.4. The van der Waals surface area contributed by atoms with Crippen LogP contribution in [0.15, 0.2) is 320 Å². The van der Waals surface area contributed by atoms with E-state index in [1.807, 2.05) is 154 Å². The number of ether oxygens (including phenoxy) is 1. The molecule has 0 unspecified atom stereocenters. The molecule has 1 aromatic heterocycles. The molecule has 0 bridgehead atoms. The van der Waals surface area contributed by atoms with Crippen LogP contribution >= 0.6 is 0 Å². The first-order valence-corrected chi connectivity index (χ1v) is 40.5. The van der Waals surface area contributed by atoms with E-state index >= 15 is 0 Å². The highest BCUT2D eigenvalue weighted by Gasteiger charge is 2.39. The molecular weight excluding hydrogens is 1610 g/mol. The number of aromatic hydroxyl groups is 4. The van der Waals surface area contributed by atoms with Crippen LogP contribution in [-0.2, 0) is 13.0 Å². The highest BCUT2D eigenvalue weighted by atomic mass is 16.5. The number of terminal acetylenes is 1. The van der Waals surface area contributed by atoms with Crippen LogP contribution in [0, 0.1) is 47.0 Å². The summed E-state index contributed by atoms with van der Waals surface area (Å²) in [6.07, 6.45) is 23.3. The molecule has 0 radical (unpaired) electrons. The van der Waals surface area contributed by atoms with Gasteiger partial charge in [0.1, 0.15) is 41.1 Å². The number of benzene rings is 13. The van der Waals surface area contributed by atoms with Crippen molar-refractivity contribution < 1.29 is 88.7 Å². The number of aromatic carboxylic acids is 5. The number of carbonyl (C=O) groups is 7. The van der Waals surface area contributed by atoms with Gasteiger partial charge in [0.2, 0.25) is 0 Å². The number of Topliss-reactive ketones (excluding diaryl/α,β-unsaturated/α-hetero) is 2. The van der Waals surface area contributed by atoms with Gasteiger partial charge in [0, 0.05) is 23.1 Å². The third-order valence-corrected chi connectivity index (χ3v) is 20.1. The van der Waals surface area contributed by atoms with Crippen LogP contribution in [0.5, 0.6) is 28.7 Å². The van der Waals surface area contributed by atoms with Crippen LogP contribution in [0.3, 0.4) is 0 Å². The van der Waals surface area contributed by atoms with Gasteiger partial charge in [0.25, 0.3) is 0 Å². The number of hydrogen-bond acceptors (Lipinski definition) is 13. The maximum atomic E-state index is 12.3. The van der Waals surface area contributed by atoms with Gasteiger partial charge in [-0.1, -0.05) is 206 Å². The average molecular weight is 1710 g/mol. The van der Waals surface area contributed by atoms with Gasteiger partial charge in [-0.05, 0) is 307 Å². The fourth-order valence-corrected chi connectivity index (χ4v) is 13.0. The van der Waals surface area contributed by atoms with E-state index in [0.717, 1.165) is 90.3 Å². The molecule has 15 rings (SSSR count). The Kier molecular flexibility index (Phi) is 35.5. The highest BCUT2D eigenvalue weighted by molar-refractivity contribution is 6.00. The molecule has 18 heteroatoms. The van der Waals surface area contributed by atoms with Gasteiger partial charge < -0.3 is 55.1 Å². The number of rotatable bonds is 22. The minimum atomic E-state index is -0.942. The Morgan fingerprint density at radius 3 is 1.39 bits per heavy atom. The number of hydrogen-bond donors (Lipinski definition) is 9. The van der Waals surface area contributed by atoms with E-state index in [0.29, 0.717) is 46.4 Å². The Morgan fingerprint density at radius 2 is 0.828 bits per heavy atom. The van der Waals surface area contributed by atoms with Crippen LogP contribution in [0.2, 0.25) is 0 Å². The Morgan fingerprint density at radius 1 is 0.359 bits per heavy atom. The second kappa shape index (κ2) is 47.7. The van der Waals surface area contributed by atoms with Gasteiger partial charge in [-0.3, -0.25) is 9.59 Å². The van der Waals surface area contributed by atoms with Crippen molar-refractivity contribution in [2.45, 2.75) is 72.8 Å². The monoisotopic (exact) mass is 1700 g/mol. The summed E-state index contributed by atoms with van der Waals surface area (Å²) in [5, 5.41) is 81.9. The summed E-state index contributed by atoms with van der Waals surface area (Å²) in [5.74, 6) is 1.45. The van der Waals surface area contributed by atoms with Gasteiger partial charge >= 0.3 is 29.8 Å². The zero-order valence-corrected chi connectivity index (χ0v) is 71.2. The molecule has 0 aliphatic heterocycles. The minimum absolute atomic E-state index is 0.0138. The summed E-state index contributed by atoms with van der Waals surface area (Å²) in [4.78, 5) is 78.0. The van der Waals surface area contributed by atoms with Crippen molar-refractivity contribution in [2.24, 2.45) is 0 Å². The Bertz CT molecular complexity index is 6380. The molecule has 9 N–H and O–H groups in total. The average Bonchev–Trinajstić information content (AvgIpc) is 1.63. The van der Waals surface area contributed by atoms with Crippen molar-refractivity contribution in [3.8, 4) is 41.1 Å². The van der Waals surface area contributed by atoms with E-state index in [1.54, 1.807) is 207 Å². The molecule has 1 fully saturated rings. The number of carboxylic acids is 5. The third-order valence-electron chi connectivity index (χ3n) is 20.1. The van der Waals surface area contributed by atoms with Gasteiger partial charge in [-0.25, -0.2) is 24.0 Å². The number of phenolic OH excluding ortho intramolecular Hbond substituents is 4. The molecule has 1 aliphatic carbocycles. The lowest BCUT2D eigenvalue weighted by molar-refractivity contribution is 0.0686. The first-order valence-electron chi connectivity index (χ1n) is 40.5. The minimum Gasteiger partial charge on any atom is -0.508 e. The molecule has 14 aromatic rings. The van der Waals surface area contributed by atoms with Crippen molar-refractivity contribution >= 4 is 90.0 Å². The zero-order chi connectivity index (χ0) is 92.2. The van der Waals surface area contributed by atoms with Crippen molar-refractivity contribution in [1.82, 2.24) is 0 Å². The van der Waals surface area contributed by atoms with Crippen molar-refractivity contribution in [3.63, 3.8) is 0 Å². The largest absolute Gasteiger partial charge is 0.508 e. The summed E-state index contributed by atoms with van der Waals surface area (Å²) >= 11 is 0. The first-order chi connectivity index (χ1) is 61.4. The summed E-state index contributed by atoms with van der Waals surface area (Å²) in [5.41, 5.74) is 19.2. The lowest BCUT2D eigenvalue weighted by atomic mass is 9.97. The molecule has 1 saturated carbocycles. The van der Waals surface area contributed by atoms with Crippen LogP contribution < -0.4 is 4.74 Å².